The summed E-state index contributed by atoms with van der Waals surface area (Å²) in [6, 6.07) is 4.16. The Balaban J connectivity index is 2.03. The molecule has 2 heterocycles. The van der Waals surface area contributed by atoms with E-state index in [4.69, 9.17) is 5.73 Å². The Bertz CT molecular complexity index is 412. The lowest BCUT2D eigenvalue weighted by Gasteiger charge is -2.31. The van der Waals surface area contributed by atoms with Gasteiger partial charge in [-0.1, -0.05) is 6.07 Å². The molecule has 6 heteroatoms. The predicted octanol–water partition coefficient (Wildman–Crippen LogP) is 2.24. The molecule has 106 valence electrons. The molecule has 1 aromatic heterocycles. The second-order valence-electron chi connectivity index (χ2n) is 4.85. The van der Waals surface area contributed by atoms with Crippen LogP contribution in [0.25, 0.3) is 0 Å². The molecule has 19 heavy (non-hydrogen) atoms. The van der Waals surface area contributed by atoms with Crippen molar-refractivity contribution in [3.63, 3.8) is 0 Å². The van der Waals surface area contributed by atoms with Crippen molar-refractivity contribution in [3.05, 3.63) is 29.6 Å². The summed E-state index contributed by atoms with van der Waals surface area (Å²) in [5.41, 5.74) is 5.25. The zero-order valence-corrected chi connectivity index (χ0v) is 10.7. The number of hydrogen-bond acceptors (Lipinski definition) is 3. The van der Waals surface area contributed by atoms with Crippen LogP contribution in [0.15, 0.2) is 18.2 Å². The number of piperidine rings is 1. The lowest BCUT2D eigenvalue weighted by atomic mass is 9.93. The van der Waals surface area contributed by atoms with Crippen molar-refractivity contribution in [2.75, 3.05) is 26.2 Å². The van der Waals surface area contributed by atoms with Gasteiger partial charge in [0.1, 0.15) is 5.69 Å². The smallest absolute Gasteiger partial charge is 0.329 e. The molecule has 1 saturated heterocycles. The van der Waals surface area contributed by atoms with Crippen molar-refractivity contribution in [3.8, 4) is 0 Å². The van der Waals surface area contributed by atoms with Gasteiger partial charge in [-0.05, 0) is 38.1 Å². The van der Waals surface area contributed by atoms with Crippen molar-refractivity contribution < 1.29 is 13.2 Å². The number of rotatable bonds is 3. The molecule has 0 spiro atoms. The first kappa shape index (κ1) is 14.3. The normalized spacial score (nSPS) is 18.7. The van der Waals surface area contributed by atoms with E-state index in [0.717, 1.165) is 38.5 Å². The Kier molecular flexibility index (Phi) is 4.42. The van der Waals surface area contributed by atoms with Crippen LogP contribution in [0.4, 0.5) is 13.2 Å². The lowest BCUT2D eigenvalue weighted by Crippen LogP contribution is -2.36. The Morgan fingerprint density at radius 3 is 2.53 bits per heavy atom. The van der Waals surface area contributed by atoms with Gasteiger partial charge in [-0.3, -0.25) is 0 Å². The zero-order chi connectivity index (χ0) is 13.9. The van der Waals surface area contributed by atoms with Crippen LogP contribution in [-0.2, 0) is 6.18 Å². The molecule has 0 bridgehead atoms. The fraction of sp³-hybridized carbons (Fsp3) is 0.615. The largest absolute Gasteiger partial charge is 0.433 e. The third-order valence-corrected chi connectivity index (χ3v) is 3.51. The number of nitrogens with zero attached hydrogens (tertiary/aromatic N) is 2. The molecule has 1 aliphatic heterocycles. The molecule has 0 aliphatic carbocycles. The van der Waals surface area contributed by atoms with Gasteiger partial charge < -0.3 is 10.6 Å². The first-order valence-electron chi connectivity index (χ1n) is 6.47. The van der Waals surface area contributed by atoms with Gasteiger partial charge in [-0.25, -0.2) is 4.98 Å². The van der Waals surface area contributed by atoms with Crippen LogP contribution in [0, 0.1) is 0 Å². The molecular formula is C13H18F3N3. The van der Waals surface area contributed by atoms with Crippen molar-refractivity contribution in [1.82, 2.24) is 9.88 Å². The molecular weight excluding hydrogens is 255 g/mol. The predicted molar refractivity (Wildman–Crippen MR) is 66.7 cm³/mol. The average molecular weight is 273 g/mol. The van der Waals surface area contributed by atoms with Gasteiger partial charge in [0.05, 0.1) is 0 Å². The highest BCUT2D eigenvalue weighted by Gasteiger charge is 2.33. The van der Waals surface area contributed by atoms with E-state index in [1.165, 1.54) is 6.07 Å². The second kappa shape index (κ2) is 5.88. The van der Waals surface area contributed by atoms with Crippen molar-refractivity contribution in [2.24, 2.45) is 5.73 Å². The number of alkyl halides is 3. The Labute approximate surface area is 110 Å². The SMILES string of the molecule is NCCN1CCC(c2cccc(C(F)(F)F)n2)CC1. The van der Waals surface area contributed by atoms with E-state index in [0.29, 0.717) is 12.2 Å². The summed E-state index contributed by atoms with van der Waals surface area (Å²) in [7, 11) is 0. The molecule has 2 rings (SSSR count). The molecule has 0 radical (unpaired) electrons. The van der Waals surface area contributed by atoms with E-state index in [-0.39, 0.29) is 5.92 Å². The van der Waals surface area contributed by atoms with Gasteiger partial charge in [0.15, 0.2) is 0 Å². The fourth-order valence-electron chi connectivity index (χ4n) is 2.47. The monoisotopic (exact) mass is 273 g/mol. The minimum atomic E-state index is -4.36. The van der Waals surface area contributed by atoms with Gasteiger partial charge in [-0.2, -0.15) is 13.2 Å². The number of hydrogen-bond donors (Lipinski definition) is 1. The molecule has 0 atom stereocenters. The fourth-order valence-corrected chi connectivity index (χ4v) is 2.47. The molecule has 1 fully saturated rings. The van der Waals surface area contributed by atoms with Crippen molar-refractivity contribution >= 4 is 0 Å². The third kappa shape index (κ3) is 3.67. The Morgan fingerprint density at radius 2 is 1.95 bits per heavy atom. The van der Waals surface area contributed by atoms with Crippen LogP contribution in [0.3, 0.4) is 0 Å². The standard InChI is InChI=1S/C13H18F3N3/c14-13(15,16)12-3-1-2-11(18-12)10-4-7-19(8-5-10)9-6-17/h1-3,10H,4-9,17H2. The summed E-state index contributed by atoms with van der Waals surface area (Å²) in [4.78, 5) is 6.01. The van der Waals surface area contributed by atoms with E-state index in [9.17, 15) is 13.2 Å². The quantitative estimate of drug-likeness (QED) is 0.918. The minimum absolute atomic E-state index is 0.122. The van der Waals surface area contributed by atoms with E-state index in [2.05, 4.69) is 9.88 Å². The summed E-state index contributed by atoms with van der Waals surface area (Å²) in [6.07, 6.45) is -2.68. The van der Waals surface area contributed by atoms with Gasteiger partial charge in [0.25, 0.3) is 0 Å². The molecule has 1 aromatic rings. The van der Waals surface area contributed by atoms with Crippen molar-refractivity contribution in [2.45, 2.75) is 24.9 Å². The minimum Gasteiger partial charge on any atom is -0.329 e. The number of aromatic nitrogens is 1. The maximum atomic E-state index is 12.6. The molecule has 0 aromatic carbocycles. The van der Waals surface area contributed by atoms with Gasteiger partial charge in [0.2, 0.25) is 0 Å². The molecule has 2 N–H and O–H groups in total. The van der Waals surface area contributed by atoms with Crippen LogP contribution in [-0.4, -0.2) is 36.1 Å². The molecule has 3 nitrogen and oxygen atoms in total. The summed E-state index contributed by atoms with van der Waals surface area (Å²) in [6.45, 7) is 3.22. The Hall–Kier alpha value is -1.14. The molecule has 0 unspecified atom stereocenters. The highest BCUT2D eigenvalue weighted by atomic mass is 19.4. The van der Waals surface area contributed by atoms with E-state index in [1.54, 1.807) is 6.07 Å². The third-order valence-electron chi connectivity index (χ3n) is 3.51. The maximum Gasteiger partial charge on any atom is 0.433 e. The van der Waals surface area contributed by atoms with E-state index >= 15 is 0 Å². The van der Waals surface area contributed by atoms with Crippen LogP contribution in [0.1, 0.15) is 30.1 Å². The summed E-state index contributed by atoms with van der Waals surface area (Å²) in [5, 5.41) is 0. The molecule has 0 amide bonds. The lowest BCUT2D eigenvalue weighted by molar-refractivity contribution is -0.141. The molecule has 1 aliphatic rings. The Morgan fingerprint density at radius 1 is 1.26 bits per heavy atom. The van der Waals surface area contributed by atoms with E-state index < -0.39 is 11.9 Å². The van der Waals surface area contributed by atoms with Crippen molar-refractivity contribution in [1.29, 1.82) is 0 Å². The van der Waals surface area contributed by atoms with Crippen LogP contribution in [0.5, 0.6) is 0 Å². The van der Waals surface area contributed by atoms with Crippen LogP contribution in [0.2, 0.25) is 0 Å². The second-order valence-corrected chi connectivity index (χ2v) is 4.85. The number of nitrogens with two attached hydrogens (primary N) is 1. The summed E-state index contributed by atoms with van der Waals surface area (Å²) < 4.78 is 37.8. The number of halogens is 3. The van der Waals surface area contributed by atoms with Gasteiger partial charge in [-0.15, -0.1) is 0 Å². The van der Waals surface area contributed by atoms with Gasteiger partial charge >= 0.3 is 6.18 Å². The summed E-state index contributed by atoms with van der Waals surface area (Å²) >= 11 is 0. The van der Waals surface area contributed by atoms with Crippen LogP contribution >= 0.6 is 0 Å². The summed E-state index contributed by atoms with van der Waals surface area (Å²) in [5.74, 6) is 0.122. The molecule has 0 saturated carbocycles. The number of pyridine rings is 1. The number of likely N-dealkylation sites (tertiary alicyclic amines) is 1. The zero-order valence-electron chi connectivity index (χ0n) is 10.7. The first-order chi connectivity index (χ1) is 9.00. The van der Waals surface area contributed by atoms with E-state index in [1.807, 2.05) is 0 Å². The topological polar surface area (TPSA) is 42.1 Å². The highest BCUT2D eigenvalue weighted by molar-refractivity contribution is 5.17. The van der Waals surface area contributed by atoms with Crippen LogP contribution < -0.4 is 5.73 Å². The highest BCUT2D eigenvalue weighted by Crippen LogP contribution is 2.31. The van der Waals surface area contributed by atoms with Gasteiger partial charge in [0, 0.05) is 24.7 Å². The average Bonchev–Trinajstić information content (AvgIpc) is 2.39. The first-order valence-corrected chi connectivity index (χ1v) is 6.47. The maximum absolute atomic E-state index is 12.6.